The van der Waals surface area contributed by atoms with Crippen LogP contribution in [0.15, 0.2) is 53.7 Å². The van der Waals surface area contributed by atoms with Crippen LogP contribution in [0.5, 0.6) is 0 Å². The van der Waals surface area contributed by atoms with E-state index in [9.17, 15) is 8.42 Å². The van der Waals surface area contributed by atoms with Crippen LogP contribution in [0.4, 0.5) is 0 Å². The van der Waals surface area contributed by atoms with Gasteiger partial charge in [0, 0.05) is 31.2 Å². The van der Waals surface area contributed by atoms with E-state index in [-0.39, 0.29) is 6.04 Å². The fourth-order valence-electron chi connectivity index (χ4n) is 1.89. The van der Waals surface area contributed by atoms with Crippen molar-refractivity contribution >= 4 is 9.84 Å². The second-order valence-corrected chi connectivity index (χ2v) is 6.81. The number of aromatic nitrogens is 1. The first kappa shape index (κ1) is 14.7. The third-order valence-corrected chi connectivity index (χ3v) is 4.30. The first-order chi connectivity index (χ1) is 9.47. The second kappa shape index (κ2) is 6.15. The predicted octanol–water partition coefficient (Wildman–Crippen LogP) is 2.34. The minimum absolute atomic E-state index is 0.150. The molecule has 0 saturated carbocycles. The highest BCUT2D eigenvalue weighted by atomic mass is 32.2. The van der Waals surface area contributed by atoms with Gasteiger partial charge in [0.2, 0.25) is 0 Å². The van der Waals surface area contributed by atoms with Crippen LogP contribution in [0, 0.1) is 0 Å². The zero-order valence-electron chi connectivity index (χ0n) is 11.6. The molecule has 4 nitrogen and oxygen atoms in total. The van der Waals surface area contributed by atoms with Crippen molar-refractivity contribution in [1.29, 1.82) is 0 Å². The summed E-state index contributed by atoms with van der Waals surface area (Å²) in [5.74, 6) is 0. The van der Waals surface area contributed by atoms with Crippen LogP contribution < -0.4 is 5.32 Å². The molecule has 0 aliphatic rings. The number of sulfone groups is 1. The molecule has 0 fully saturated rings. The summed E-state index contributed by atoms with van der Waals surface area (Å²) in [5, 5.41) is 3.40. The zero-order chi connectivity index (χ0) is 14.6. The highest BCUT2D eigenvalue weighted by molar-refractivity contribution is 7.90. The highest BCUT2D eigenvalue weighted by Crippen LogP contribution is 2.16. The number of hydrogen-bond donors (Lipinski definition) is 1. The van der Waals surface area contributed by atoms with Crippen molar-refractivity contribution in [3.05, 3.63) is 59.9 Å². The van der Waals surface area contributed by atoms with Crippen LogP contribution in [-0.4, -0.2) is 19.7 Å². The van der Waals surface area contributed by atoms with E-state index >= 15 is 0 Å². The van der Waals surface area contributed by atoms with Crippen molar-refractivity contribution in [3.63, 3.8) is 0 Å². The van der Waals surface area contributed by atoms with E-state index in [4.69, 9.17) is 0 Å². The van der Waals surface area contributed by atoms with Crippen LogP contribution in [-0.2, 0) is 16.4 Å². The van der Waals surface area contributed by atoms with Gasteiger partial charge in [-0.15, -0.1) is 0 Å². The predicted molar refractivity (Wildman–Crippen MR) is 79.0 cm³/mol. The van der Waals surface area contributed by atoms with Crippen molar-refractivity contribution < 1.29 is 8.42 Å². The lowest BCUT2D eigenvalue weighted by molar-refractivity contribution is 0.573. The van der Waals surface area contributed by atoms with Gasteiger partial charge < -0.3 is 5.32 Å². The molecule has 106 valence electrons. The molecule has 2 aromatic rings. The molecule has 0 spiro atoms. The van der Waals surface area contributed by atoms with Crippen molar-refractivity contribution in [1.82, 2.24) is 10.3 Å². The van der Waals surface area contributed by atoms with E-state index in [0.29, 0.717) is 4.90 Å². The van der Waals surface area contributed by atoms with E-state index in [2.05, 4.69) is 17.2 Å². The lowest BCUT2D eigenvalue weighted by atomic mass is 10.1. The van der Waals surface area contributed by atoms with Crippen molar-refractivity contribution in [2.75, 3.05) is 6.26 Å². The number of hydrogen-bond acceptors (Lipinski definition) is 4. The van der Waals surface area contributed by atoms with Gasteiger partial charge in [0.1, 0.15) is 0 Å². The number of rotatable bonds is 5. The Labute approximate surface area is 119 Å². The summed E-state index contributed by atoms with van der Waals surface area (Å²) in [7, 11) is -3.13. The number of nitrogens with zero attached hydrogens (tertiary/aromatic N) is 1. The van der Waals surface area contributed by atoms with Gasteiger partial charge in [-0.3, -0.25) is 4.98 Å². The monoisotopic (exact) mass is 290 g/mol. The van der Waals surface area contributed by atoms with E-state index in [0.717, 1.165) is 12.1 Å². The summed E-state index contributed by atoms with van der Waals surface area (Å²) in [5.41, 5.74) is 2.23. The van der Waals surface area contributed by atoms with Crippen LogP contribution in [0.3, 0.4) is 0 Å². The van der Waals surface area contributed by atoms with E-state index in [1.54, 1.807) is 24.5 Å². The molecule has 0 saturated heterocycles. The standard InChI is InChI=1S/C15H18N2O2S/c1-12(17-11-13-7-9-16-10-8-13)14-3-5-15(6-4-14)20(2,18)19/h3-10,12,17H,11H2,1-2H3. The van der Waals surface area contributed by atoms with Crippen molar-refractivity contribution in [2.24, 2.45) is 0 Å². The van der Waals surface area contributed by atoms with Crippen LogP contribution in [0.25, 0.3) is 0 Å². The maximum absolute atomic E-state index is 11.4. The third-order valence-electron chi connectivity index (χ3n) is 3.17. The van der Waals surface area contributed by atoms with Gasteiger partial charge in [-0.25, -0.2) is 8.42 Å². The van der Waals surface area contributed by atoms with Gasteiger partial charge in [-0.1, -0.05) is 12.1 Å². The van der Waals surface area contributed by atoms with Crippen molar-refractivity contribution in [2.45, 2.75) is 24.4 Å². The SMILES string of the molecule is CC(NCc1ccncc1)c1ccc(S(C)(=O)=O)cc1. The van der Waals surface area contributed by atoms with Gasteiger partial charge >= 0.3 is 0 Å². The Bertz CT molecular complexity index is 652. The Morgan fingerprint density at radius 3 is 2.25 bits per heavy atom. The smallest absolute Gasteiger partial charge is 0.175 e. The van der Waals surface area contributed by atoms with Crippen molar-refractivity contribution in [3.8, 4) is 0 Å². The van der Waals surface area contributed by atoms with Gasteiger partial charge in [-0.05, 0) is 42.3 Å². The maximum Gasteiger partial charge on any atom is 0.175 e. The second-order valence-electron chi connectivity index (χ2n) is 4.80. The lowest BCUT2D eigenvalue weighted by Crippen LogP contribution is -2.18. The van der Waals surface area contributed by atoms with Gasteiger partial charge in [0.05, 0.1) is 4.90 Å². The van der Waals surface area contributed by atoms with E-state index in [1.807, 2.05) is 24.3 Å². The van der Waals surface area contributed by atoms with Crippen LogP contribution in [0.2, 0.25) is 0 Å². The summed E-state index contributed by atoms with van der Waals surface area (Å²) in [6.07, 6.45) is 4.75. The average Bonchev–Trinajstić information content (AvgIpc) is 2.45. The van der Waals surface area contributed by atoms with Gasteiger partial charge in [0.25, 0.3) is 0 Å². The quantitative estimate of drug-likeness (QED) is 0.918. The molecule has 5 heteroatoms. The normalized spacial score (nSPS) is 13.1. The Morgan fingerprint density at radius 1 is 1.10 bits per heavy atom. The molecular formula is C15H18N2O2S. The van der Waals surface area contributed by atoms with Gasteiger partial charge in [-0.2, -0.15) is 0 Å². The molecule has 1 N–H and O–H groups in total. The lowest BCUT2D eigenvalue weighted by Gasteiger charge is -2.14. The average molecular weight is 290 g/mol. The summed E-state index contributed by atoms with van der Waals surface area (Å²) in [6, 6.07) is 11.1. The first-order valence-electron chi connectivity index (χ1n) is 6.39. The third kappa shape index (κ3) is 3.88. The molecule has 0 aliphatic heterocycles. The first-order valence-corrected chi connectivity index (χ1v) is 8.28. The fourth-order valence-corrected chi connectivity index (χ4v) is 2.52. The van der Waals surface area contributed by atoms with E-state index < -0.39 is 9.84 Å². The minimum Gasteiger partial charge on any atom is -0.306 e. The molecule has 20 heavy (non-hydrogen) atoms. The zero-order valence-corrected chi connectivity index (χ0v) is 12.4. The number of nitrogens with one attached hydrogen (secondary N) is 1. The molecule has 1 unspecified atom stereocenters. The fraction of sp³-hybridized carbons (Fsp3) is 0.267. The minimum atomic E-state index is -3.13. The summed E-state index contributed by atoms with van der Waals surface area (Å²) in [6.45, 7) is 2.80. The molecule has 1 aromatic carbocycles. The van der Waals surface area contributed by atoms with Gasteiger partial charge in [0.15, 0.2) is 9.84 Å². The molecule has 0 bridgehead atoms. The largest absolute Gasteiger partial charge is 0.306 e. The van der Waals surface area contributed by atoms with E-state index in [1.165, 1.54) is 11.8 Å². The molecule has 1 heterocycles. The Hall–Kier alpha value is -1.72. The molecule has 1 aromatic heterocycles. The van der Waals surface area contributed by atoms with Crippen LogP contribution in [0.1, 0.15) is 24.1 Å². The Morgan fingerprint density at radius 2 is 1.70 bits per heavy atom. The number of pyridine rings is 1. The molecule has 0 radical (unpaired) electrons. The molecule has 0 aliphatic carbocycles. The maximum atomic E-state index is 11.4. The Kier molecular flexibility index (Phi) is 4.52. The topological polar surface area (TPSA) is 59.1 Å². The number of benzene rings is 1. The molecular weight excluding hydrogens is 272 g/mol. The van der Waals surface area contributed by atoms with Crippen LogP contribution >= 0.6 is 0 Å². The molecule has 2 rings (SSSR count). The Balaban J connectivity index is 2.01. The molecule has 0 amide bonds. The summed E-state index contributed by atoms with van der Waals surface area (Å²) >= 11 is 0. The highest BCUT2D eigenvalue weighted by Gasteiger charge is 2.09. The molecule has 1 atom stereocenters. The summed E-state index contributed by atoms with van der Waals surface area (Å²) in [4.78, 5) is 4.33. The summed E-state index contributed by atoms with van der Waals surface area (Å²) < 4.78 is 22.8.